The Labute approximate surface area is 179 Å². The lowest BCUT2D eigenvalue weighted by Crippen LogP contribution is -2.75. The molecule has 2 aromatic rings. The van der Waals surface area contributed by atoms with E-state index in [1.807, 2.05) is 0 Å². The first-order chi connectivity index (χ1) is 14.8. The number of hydrogen-bond acceptors (Lipinski definition) is 8. The van der Waals surface area contributed by atoms with Crippen molar-refractivity contribution < 1.29 is 24.2 Å². The van der Waals surface area contributed by atoms with E-state index < -0.39 is 40.6 Å². The highest BCUT2D eigenvalue weighted by Gasteiger charge is 2.74. The number of likely N-dealkylation sites (tertiary alicyclic amines) is 2. The summed E-state index contributed by atoms with van der Waals surface area (Å²) in [6.45, 7) is -0.0332. The summed E-state index contributed by atoms with van der Waals surface area (Å²) in [5, 5.41) is 10.4. The van der Waals surface area contributed by atoms with Crippen LogP contribution in [0, 0.1) is 10.8 Å². The highest BCUT2D eigenvalue weighted by atomic mass is 16.5. The summed E-state index contributed by atoms with van der Waals surface area (Å²) in [6.07, 6.45) is 3.15. The number of nitrogens with zero attached hydrogens (tertiary/aromatic N) is 4. The Morgan fingerprint density at radius 3 is 1.97 bits per heavy atom. The molecule has 9 nitrogen and oxygen atoms in total. The van der Waals surface area contributed by atoms with Crippen LogP contribution in [0.4, 0.5) is 0 Å². The number of carboxylic acids is 1. The molecule has 2 aromatic heterocycles. The molecule has 9 heteroatoms. The number of ether oxygens (including phenoxy) is 1. The van der Waals surface area contributed by atoms with E-state index in [0.29, 0.717) is 11.4 Å². The van der Waals surface area contributed by atoms with Crippen molar-refractivity contribution in [1.82, 2.24) is 19.8 Å². The zero-order chi connectivity index (χ0) is 22.4. The number of carbonyl (C=O) groups is 3. The van der Waals surface area contributed by atoms with Gasteiger partial charge in [0, 0.05) is 25.5 Å². The van der Waals surface area contributed by atoms with Crippen LogP contribution in [-0.4, -0.2) is 76.9 Å². The Bertz CT molecular complexity index is 1020. The molecule has 1 N–H and O–H groups in total. The maximum Gasteiger partial charge on any atom is 0.322 e. The summed E-state index contributed by atoms with van der Waals surface area (Å²) in [5.74, 6) is -2.72. The van der Waals surface area contributed by atoms with E-state index in [-0.39, 0.29) is 13.1 Å². The summed E-state index contributed by atoms with van der Waals surface area (Å²) < 4.78 is 5.10. The van der Waals surface area contributed by atoms with Crippen molar-refractivity contribution in [3.63, 3.8) is 0 Å². The highest BCUT2D eigenvalue weighted by Crippen LogP contribution is 2.59. The summed E-state index contributed by atoms with van der Waals surface area (Å²) in [5.41, 5.74) is -2.74. The molecule has 0 amide bonds. The van der Waals surface area contributed by atoms with E-state index in [1.165, 1.54) is 7.11 Å². The Morgan fingerprint density at radius 1 is 1.00 bits per heavy atom. The van der Waals surface area contributed by atoms with E-state index in [0.717, 1.165) is 0 Å². The van der Waals surface area contributed by atoms with Gasteiger partial charge in [-0.1, -0.05) is 12.1 Å². The van der Waals surface area contributed by atoms with Crippen LogP contribution in [0.25, 0.3) is 0 Å². The van der Waals surface area contributed by atoms with Crippen molar-refractivity contribution in [2.24, 2.45) is 10.8 Å². The van der Waals surface area contributed by atoms with Crippen LogP contribution in [0.5, 0.6) is 0 Å². The SMILES string of the molecule is COC(=O)C12CN(C)CC(C(=O)O)(C1=O)C(c1ccccn1)N(C)C2c1ccccn1. The van der Waals surface area contributed by atoms with E-state index in [4.69, 9.17) is 4.74 Å². The minimum Gasteiger partial charge on any atom is -0.480 e. The van der Waals surface area contributed by atoms with Gasteiger partial charge in [-0.05, 0) is 38.4 Å². The summed E-state index contributed by atoms with van der Waals surface area (Å²) in [6, 6.07) is 8.67. The van der Waals surface area contributed by atoms with Gasteiger partial charge in [0.2, 0.25) is 0 Å². The van der Waals surface area contributed by atoms with Crippen molar-refractivity contribution in [3.05, 3.63) is 60.2 Å². The Kier molecular flexibility index (Phi) is 5.10. The fourth-order valence-corrected chi connectivity index (χ4v) is 5.44. The van der Waals surface area contributed by atoms with E-state index in [2.05, 4.69) is 9.97 Å². The molecule has 2 saturated heterocycles. The first-order valence-electron chi connectivity index (χ1n) is 9.89. The number of ketones is 1. The number of Topliss-reactive ketones (excluding diaryl/α,β-unsaturated/α-hetero) is 1. The van der Waals surface area contributed by atoms with Crippen LogP contribution in [-0.2, 0) is 19.1 Å². The van der Waals surface area contributed by atoms with Crippen molar-refractivity contribution in [2.75, 3.05) is 34.3 Å². The largest absolute Gasteiger partial charge is 0.480 e. The molecule has 0 saturated carbocycles. The molecule has 0 radical (unpaired) electrons. The molecule has 0 spiro atoms. The topological polar surface area (TPSA) is 113 Å². The summed E-state index contributed by atoms with van der Waals surface area (Å²) in [4.78, 5) is 52.5. The molecule has 0 aliphatic carbocycles. The summed E-state index contributed by atoms with van der Waals surface area (Å²) in [7, 11) is 4.63. The molecule has 2 bridgehead atoms. The molecule has 31 heavy (non-hydrogen) atoms. The van der Waals surface area contributed by atoms with Gasteiger partial charge in [0.25, 0.3) is 0 Å². The molecule has 4 atom stereocenters. The molecular weight excluding hydrogens is 400 g/mol. The fourth-order valence-electron chi connectivity index (χ4n) is 5.44. The third-order valence-corrected chi connectivity index (χ3v) is 6.46. The van der Waals surface area contributed by atoms with Crippen molar-refractivity contribution in [1.29, 1.82) is 0 Å². The highest BCUT2D eigenvalue weighted by molar-refractivity contribution is 6.17. The second-order valence-corrected chi connectivity index (χ2v) is 8.22. The molecule has 2 fully saturated rings. The van der Waals surface area contributed by atoms with Crippen LogP contribution in [0.1, 0.15) is 23.5 Å². The lowest BCUT2D eigenvalue weighted by Gasteiger charge is -2.59. The molecule has 2 aliphatic rings. The number of rotatable bonds is 4. The minimum atomic E-state index is -1.91. The third-order valence-electron chi connectivity index (χ3n) is 6.46. The second kappa shape index (κ2) is 7.51. The summed E-state index contributed by atoms with van der Waals surface area (Å²) >= 11 is 0. The third kappa shape index (κ3) is 2.80. The standard InChI is InChI=1S/C22H24N4O5/c1-25-12-21(19(28)29)16(14-8-4-6-10-23-14)26(2)17(15-9-5-7-11-24-15)22(13-25,18(21)27)20(30)31-3/h4-11,16-17H,12-13H2,1-3H3,(H,28,29). The van der Waals surface area contributed by atoms with Gasteiger partial charge in [-0.25, -0.2) is 0 Å². The van der Waals surface area contributed by atoms with Crippen LogP contribution in [0.2, 0.25) is 0 Å². The van der Waals surface area contributed by atoms with Crippen molar-refractivity contribution >= 4 is 17.7 Å². The zero-order valence-corrected chi connectivity index (χ0v) is 17.6. The van der Waals surface area contributed by atoms with Crippen molar-refractivity contribution in [3.8, 4) is 0 Å². The van der Waals surface area contributed by atoms with Gasteiger partial charge in [0.1, 0.15) is 0 Å². The van der Waals surface area contributed by atoms with E-state index >= 15 is 0 Å². The predicted molar refractivity (Wildman–Crippen MR) is 109 cm³/mol. The molecule has 4 rings (SSSR count). The fraction of sp³-hybridized carbons (Fsp3) is 0.409. The average molecular weight is 424 g/mol. The van der Waals surface area contributed by atoms with Gasteiger partial charge in [-0.15, -0.1) is 0 Å². The van der Waals surface area contributed by atoms with Gasteiger partial charge in [-0.3, -0.25) is 29.3 Å². The van der Waals surface area contributed by atoms with Gasteiger partial charge in [-0.2, -0.15) is 0 Å². The molecular formula is C22H24N4O5. The number of hydrogen-bond donors (Lipinski definition) is 1. The number of pyridine rings is 2. The van der Waals surface area contributed by atoms with Crippen LogP contribution >= 0.6 is 0 Å². The predicted octanol–water partition coefficient (Wildman–Crippen LogP) is 0.949. The van der Waals surface area contributed by atoms with Gasteiger partial charge < -0.3 is 14.7 Å². The van der Waals surface area contributed by atoms with Gasteiger partial charge in [0.15, 0.2) is 16.6 Å². The van der Waals surface area contributed by atoms with Gasteiger partial charge >= 0.3 is 11.9 Å². The first kappa shape index (κ1) is 21.1. The maximum atomic E-state index is 14.2. The lowest BCUT2D eigenvalue weighted by molar-refractivity contribution is -0.201. The monoisotopic (exact) mass is 424 g/mol. The first-order valence-corrected chi connectivity index (χ1v) is 9.89. The lowest BCUT2D eigenvalue weighted by atomic mass is 9.54. The van der Waals surface area contributed by atoms with Gasteiger partial charge in [0.05, 0.1) is 30.6 Å². The molecule has 4 heterocycles. The smallest absolute Gasteiger partial charge is 0.322 e. The second-order valence-electron chi connectivity index (χ2n) is 8.22. The maximum absolute atomic E-state index is 14.2. The molecule has 4 unspecified atom stereocenters. The number of carbonyl (C=O) groups excluding carboxylic acids is 2. The quantitative estimate of drug-likeness (QED) is 0.566. The number of aromatic nitrogens is 2. The number of methoxy groups -OCH3 is 1. The Morgan fingerprint density at radius 2 is 1.52 bits per heavy atom. The number of carboxylic acid groups (broad SMARTS) is 1. The van der Waals surface area contributed by atoms with Crippen molar-refractivity contribution in [2.45, 2.75) is 12.1 Å². The minimum absolute atomic E-state index is 0.0219. The Balaban J connectivity index is 2.06. The van der Waals surface area contributed by atoms with Crippen LogP contribution in [0.3, 0.4) is 0 Å². The zero-order valence-electron chi connectivity index (χ0n) is 17.6. The Hall–Kier alpha value is -3.17. The molecule has 162 valence electrons. The normalized spacial score (nSPS) is 31.3. The number of piperidine rings is 2. The van der Waals surface area contributed by atoms with E-state index in [1.54, 1.807) is 72.7 Å². The van der Waals surface area contributed by atoms with Crippen LogP contribution in [0.15, 0.2) is 48.8 Å². The van der Waals surface area contributed by atoms with Crippen LogP contribution < -0.4 is 0 Å². The molecule has 0 aromatic carbocycles. The molecule has 2 aliphatic heterocycles. The average Bonchev–Trinajstić information content (AvgIpc) is 2.76. The number of fused-ring (bicyclic) bond motifs is 2. The number of aliphatic carboxylic acids is 1. The number of esters is 1. The van der Waals surface area contributed by atoms with E-state index in [9.17, 15) is 19.5 Å².